The molecule has 1 aliphatic heterocycles. The van der Waals surface area contributed by atoms with Gasteiger partial charge in [0, 0.05) is 17.8 Å². The lowest BCUT2D eigenvalue weighted by Crippen LogP contribution is -2.44. The second-order valence-electron chi connectivity index (χ2n) is 4.91. The first-order valence-electron chi connectivity index (χ1n) is 6.57. The molecule has 0 aromatic heterocycles. The average Bonchev–Trinajstić information content (AvgIpc) is 2.41. The maximum atomic E-state index is 11.9. The largest absolute Gasteiger partial charge is 0.497 e. The van der Waals surface area contributed by atoms with E-state index in [2.05, 4.69) is 22.6 Å². The molecule has 2 amide bonds. The number of carbonyl (C=O) groups is 1. The Morgan fingerprint density at radius 3 is 2.79 bits per heavy atom. The number of methoxy groups -OCH3 is 1. The van der Waals surface area contributed by atoms with E-state index in [1.54, 1.807) is 13.2 Å². The van der Waals surface area contributed by atoms with Crippen LogP contribution >= 0.6 is 0 Å². The van der Waals surface area contributed by atoms with Crippen molar-refractivity contribution in [1.82, 2.24) is 10.2 Å². The minimum Gasteiger partial charge on any atom is -0.497 e. The maximum Gasteiger partial charge on any atom is 0.319 e. The predicted octanol–water partition coefficient (Wildman–Crippen LogP) is 1.91. The molecule has 1 saturated heterocycles. The van der Waals surface area contributed by atoms with Gasteiger partial charge in [-0.3, -0.25) is 0 Å². The Balaban J connectivity index is 1.83. The molecule has 19 heavy (non-hydrogen) atoms. The normalized spacial score (nSPS) is 16.9. The number of likely N-dealkylation sites (tertiary alicyclic amines) is 1. The van der Waals surface area contributed by atoms with Crippen LogP contribution in [0.4, 0.5) is 10.5 Å². The third-order valence-corrected chi connectivity index (χ3v) is 3.38. The summed E-state index contributed by atoms with van der Waals surface area (Å²) in [7, 11) is 3.71. The fourth-order valence-corrected chi connectivity index (χ4v) is 2.21. The summed E-state index contributed by atoms with van der Waals surface area (Å²) in [6, 6.07) is 7.46. The van der Waals surface area contributed by atoms with Crippen molar-refractivity contribution in [3.05, 3.63) is 24.3 Å². The number of hydrogen-bond donors (Lipinski definition) is 2. The van der Waals surface area contributed by atoms with Gasteiger partial charge in [0.25, 0.3) is 0 Å². The number of benzene rings is 1. The van der Waals surface area contributed by atoms with Gasteiger partial charge in [-0.25, -0.2) is 4.79 Å². The Hall–Kier alpha value is -1.75. The van der Waals surface area contributed by atoms with Crippen LogP contribution in [0.25, 0.3) is 0 Å². The number of urea groups is 1. The number of hydrogen-bond acceptors (Lipinski definition) is 3. The molecule has 0 bridgehead atoms. The predicted molar refractivity (Wildman–Crippen MR) is 75.7 cm³/mol. The molecule has 0 atom stereocenters. The standard InChI is InChI=1S/C14H21N3O2/c1-17-8-6-11(7-9-17)15-14(18)16-12-4-3-5-13(10-12)19-2/h3-5,10-11H,6-9H2,1-2H3,(H2,15,16,18). The van der Waals surface area contributed by atoms with Crippen LogP contribution in [0.1, 0.15) is 12.8 Å². The highest BCUT2D eigenvalue weighted by molar-refractivity contribution is 5.89. The third-order valence-electron chi connectivity index (χ3n) is 3.38. The fraction of sp³-hybridized carbons (Fsp3) is 0.500. The van der Waals surface area contributed by atoms with Gasteiger partial charge in [0.15, 0.2) is 0 Å². The SMILES string of the molecule is COc1cccc(NC(=O)NC2CCN(C)CC2)c1. The van der Waals surface area contributed by atoms with E-state index in [0.29, 0.717) is 0 Å². The zero-order chi connectivity index (χ0) is 13.7. The highest BCUT2D eigenvalue weighted by atomic mass is 16.5. The van der Waals surface area contributed by atoms with Crippen LogP contribution in [0.2, 0.25) is 0 Å². The van der Waals surface area contributed by atoms with E-state index in [9.17, 15) is 4.79 Å². The van der Waals surface area contributed by atoms with Crippen molar-refractivity contribution < 1.29 is 9.53 Å². The number of anilines is 1. The number of nitrogens with one attached hydrogen (secondary N) is 2. The van der Waals surface area contributed by atoms with Crippen molar-refractivity contribution in [2.24, 2.45) is 0 Å². The van der Waals surface area contributed by atoms with E-state index < -0.39 is 0 Å². The summed E-state index contributed by atoms with van der Waals surface area (Å²) in [5.74, 6) is 0.733. The van der Waals surface area contributed by atoms with Crippen molar-refractivity contribution >= 4 is 11.7 Å². The first-order valence-corrected chi connectivity index (χ1v) is 6.57. The molecule has 1 fully saturated rings. The van der Waals surface area contributed by atoms with Crippen molar-refractivity contribution in [3.8, 4) is 5.75 Å². The van der Waals surface area contributed by atoms with Crippen LogP contribution in [0, 0.1) is 0 Å². The van der Waals surface area contributed by atoms with Crippen molar-refractivity contribution in [1.29, 1.82) is 0 Å². The number of piperidine rings is 1. The van der Waals surface area contributed by atoms with Crippen LogP contribution < -0.4 is 15.4 Å². The molecule has 2 N–H and O–H groups in total. The molecule has 104 valence electrons. The van der Waals surface area contributed by atoms with E-state index in [1.807, 2.05) is 18.2 Å². The lowest BCUT2D eigenvalue weighted by atomic mass is 10.1. The zero-order valence-electron chi connectivity index (χ0n) is 11.5. The smallest absolute Gasteiger partial charge is 0.319 e. The Morgan fingerprint density at radius 1 is 1.37 bits per heavy atom. The molecule has 0 aliphatic carbocycles. The summed E-state index contributed by atoms with van der Waals surface area (Å²) in [4.78, 5) is 14.2. The fourth-order valence-electron chi connectivity index (χ4n) is 2.21. The first-order chi connectivity index (χ1) is 9.17. The monoisotopic (exact) mass is 263 g/mol. The second-order valence-corrected chi connectivity index (χ2v) is 4.91. The summed E-state index contributed by atoms with van der Waals surface area (Å²) < 4.78 is 5.12. The van der Waals surface area contributed by atoms with Gasteiger partial charge in [0.1, 0.15) is 5.75 Å². The summed E-state index contributed by atoms with van der Waals surface area (Å²) in [6.45, 7) is 2.06. The summed E-state index contributed by atoms with van der Waals surface area (Å²) in [6.07, 6.45) is 2.00. The van der Waals surface area contributed by atoms with E-state index >= 15 is 0 Å². The summed E-state index contributed by atoms with van der Waals surface area (Å²) in [5, 5.41) is 5.84. The summed E-state index contributed by atoms with van der Waals surface area (Å²) >= 11 is 0. The van der Waals surface area contributed by atoms with Gasteiger partial charge < -0.3 is 20.3 Å². The average molecular weight is 263 g/mol. The molecule has 0 spiro atoms. The van der Waals surface area contributed by atoms with Crippen molar-refractivity contribution in [2.45, 2.75) is 18.9 Å². The van der Waals surface area contributed by atoms with E-state index in [0.717, 1.165) is 37.4 Å². The Labute approximate surface area is 113 Å². The topological polar surface area (TPSA) is 53.6 Å². The van der Waals surface area contributed by atoms with E-state index in [-0.39, 0.29) is 12.1 Å². The molecule has 0 saturated carbocycles. The molecule has 5 nitrogen and oxygen atoms in total. The van der Waals surface area contributed by atoms with Gasteiger partial charge in [0.2, 0.25) is 0 Å². The molecule has 1 aromatic rings. The highest BCUT2D eigenvalue weighted by Gasteiger charge is 2.18. The Morgan fingerprint density at radius 2 is 2.11 bits per heavy atom. The molecule has 1 heterocycles. The number of nitrogens with zero attached hydrogens (tertiary/aromatic N) is 1. The van der Waals surface area contributed by atoms with Gasteiger partial charge in [-0.05, 0) is 45.1 Å². The Kier molecular flexibility index (Phi) is 4.63. The van der Waals surface area contributed by atoms with Gasteiger partial charge in [-0.15, -0.1) is 0 Å². The quantitative estimate of drug-likeness (QED) is 0.876. The van der Waals surface area contributed by atoms with Crippen molar-refractivity contribution in [3.63, 3.8) is 0 Å². The van der Waals surface area contributed by atoms with Crippen LogP contribution in [0.5, 0.6) is 5.75 Å². The third kappa shape index (κ3) is 4.13. The second kappa shape index (κ2) is 6.43. The maximum absolute atomic E-state index is 11.9. The number of rotatable bonds is 3. The molecule has 5 heteroatoms. The van der Waals surface area contributed by atoms with Crippen LogP contribution in [0.15, 0.2) is 24.3 Å². The van der Waals surface area contributed by atoms with Gasteiger partial charge in [-0.2, -0.15) is 0 Å². The zero-order valence-corrected chi connectivity index (χ0v) is 11.5. The van der Waals surface area contributed by atoms with Crippen LogP contribution in [-0.2, 0) is 0 Å². The van der Waals surface area contributed by atoms with E-state index in [4.69, 9.17) is 4.74 Å². The minimum absolute atomic E-state index is 0.150. The molecular formula is C14H21N3O2. The lowest BCUT2D eigenvalue weighted by Gasteiger charge is -2.29. The summed E-state index contributed by atoms with van der Waals surface area (Å²) in [5.41, 5.74) is 0.741. The number of ether oxygens (including phenoxy) is 1. The van der Waals surface area contributed by atoms with Crippen molar-refractivity contribution in [2.75, 3.05) is 32.6 Å². The van der Waals surface area contributed by atoms with E-state index in [1.165, 1.54) is 0 Å². The molecule has 0 radical (unpaired) electrons. The Bertz CT molecular complexity index is 428. The van der Waals surface area contributed by atoms with Gasteiger partial charge in [-0.1, -0.05) is 6.07 Å². The minimum atomic E-state index is -0.150. The number of carbonyl (C=O) groups excluding carboxylic acids is 1. The highest BCUT2D eigenvalue weighted by Crippen LogP contribution is 2.16. The molecule has 1 aliphatic rings. The molecular weight excluding hydrogens is 242 g/mol. The lowest BCUT2D eigenvalue weighted by molar-refractivity contribution is 0.221. The molecule has 2 rings (SSSR count). The molecule has 1 aromatic carbocycles. The van der Waals surface area contributed by atoms with Crippen LogP contribution in [0.3, 0.4) is 0 Å². The first kappa shape index (κ1) is 13.7. The number of amides is 2. The van der Waals surface area contributed by atoms with Gasteiger partial charge in [0.05, 0.1) is 7.11 Å². The van der Waals surface area contributed by atoms with Gasteiger partial charge >= 0.3 is 6.03 Å². The molecule has 0 unspecified atom stereocenters. The van der Waals surface area contributed by atoms with Crippen LogP contribution in [-0.4, -0.2) is 44.2 Å².